The minimum atomic E-state index is -0.649. The van der Waals surface area contributed by atoms with Gasteiger partial charge in [-0.25, -0.2) is 0 Å². The Kier molecular flexibility index (Phi) is 8.48. The summed E-state index contributed by atoms with van der Waals surface area (Å²) in [5.41, 5.74) is 3.94. The average Bonchev–Trinajstić information content (AvgIpc) is 2.71. The second-order valence-corrected chi connectivity index (χ2v) is 8.12. The van der Waals surface area contributed by atoms with Crippen molar-refractivity contribution in [3.63, 3.8) is 0 Å². The summed E-state index contributed by atoms with van der Waals surface area (Å²) < 4.78 is 11.7. The fraction of sp³-hybridized carbons (Fsp3) is 0.440. The molecular formula is C25H34N2O4. The highest BCUT2D eigenvalue weighted by atomic mass is 16.5. The number of carbonyl (C=O) groups excluding carboxylic acids is 2. The first-order valence-electron chi connectivity index (χ1n) is 10.6. The second-order valence-electron chi connectivity index (χ2n) is 8.12. The van der Waals surface area contributed by atoms with Gasteiger partial charge in [0.25, 0.3) is 11.8 Å². The van der Waals surface area contributed by atoms with Crippen LogP contribution in [0.2, 0.25) is 0 Å². The highest BCUT2D eigenvalue weighted by Crippen LogP contribution is 2.24. The van der Waals surface area contributed by atoms with Gasteiger partial charge in [-0.3, -0.25) is 9.59 Å². The third-order valence-electron chi connectivity index (χ3n) is 5.12. The van der Waals surface area contributed by atoms with E-state index in [1.807, 2.05) is 71.0 Å². The summed E-state index contributed by atoms with van der Waals surface area (Å²) in [6.45, 7) is 13.4. The molecular weight excluding hydrogens is 392 g/mol. The molecule has 2 amide bonds. The van der Waals surface area contributed by atoms with E-state index in [9.17, 15) is 9.59 Å². The van der Waals surface area contributed by atoms with Gasteiger partial charge in [0, 0.05) is 12.6 Å². The van der Waals surface area contributed by atoms with Crippen molar-refractivity contribution in [3.05, 3.63) is 58.7 Å². The molecule has 0 saturated heterocycles. The number of rotatable bonds is 9. The number of ether oxygens (including phenoxy) is 2. The van der Waals surface area contributed by atoms with Crippen LogP contribution < -0.4 is 20.1 Å². The number of hydrogen-bond donors (Lipinski definition) is 2. The minimum absolute atomic E-state index is 0.232. The predicted octanol–water partition coefficient (Wildman–Crippen LogP) is 3.78. The van der Waals surface area contributed by atoms with Crippen LogP contribution in [0.5, 0.6) is 11.5 Å². The van der Waals surface area contributed by atoms with Crippen LogP contribution in [0.15, 0.2) is 36.4 Å². The van der Waals surface area contributed by atoms with Crippen LogP contribution in [0.1, 0.15) is 43.0 Å². The molecule has 0 fully saturated rings. The standard InChI is InChI=1S/C25H34N2O4/c1-15-10-8-11-16(2)22(15)30-20(6)24(28)26-14-19(5)27-25(29)21(7)31-23-17(3)12-9-13-18(23)4/h8-13,19-21H,14H2,1-7H3,(H,26,28)(H,27,29)/t19-,20+,21-/m1/s1. The van der Waals surface area contributed by atoms with Gasteiger partial charge in [0.15, 0.2) is 12.2 Å². The second kappa shape index (κ2) is 10.8. The smallest absolute Gasteiger partial charge is 0.261 e. The lowest BCUT2D eigenvalue weighted by atomic mass is 10.1. The van der Waals surface area contributed by atoms with Gasteiger partial charge in [-0.1, -0.05) is 36.4 Å². The van der Waals surface area contributed by atoms with E-state index in [1.54, 1.807) is 13.8 Å². The summed E-state index contributed by atoms with van der Waals surface area (Å²) in [4.78, 5) is 24.9. The Bertz CT molecular complexity index is 885. The van der Waals surface area contributed by atoms with Crippen molar-refractivity contribution in [2.24, 2.45) is 0 Å². The molecule has 0 aliphatic rings. The van der Waals surface area contributed by atoms with Crippen LogP contribution in [-0.2, 0) is 9.59 Å². The molecule has 0 unspecified atom stereocenters. The van der Waals surface area contributed by atoms with Crippen LogP contribution in [-0.4, -0.2) is 36.6 Å². The highest BCUT2D eigenvalue weighted by molar-refractivity contribution is 5.82. The first kappa shape index (κ1) is 24.3. The molecule has 0 bridgehead atoms. The molecule has 0 aliphatic carbocycles. The van der Waals surface area contributed by atoms with E-state index in [4.69, 9.17) is 9.47 Å². The van der Waals surface area contributed by atoms with Gasteiger partial charge in [-0.05, 0) is 70.7 Å². The van der Waals surface area contributed by atoms with Crippen LogP contribution in [0, 0.1) is 27.7 Å². The molecule has 0 heterocycles. The summed E-state index contributed by atoms with van der Waals surface area (Å²) in [5, 5.41) is 5.72. The summed E-state index contributed by atoms with van der Waals surface area (Å²) in [7, 11) is 0. The molecule has 0 spiro atoms. The van der Waals surface area contributed by atoms with Crippen LogP contribution in [0.3, 0.4) is 0 Å². The van der Waals surface area contributed by atoms with Crippen molar-refractivity contribution < 1.29 is 19.1 Å². The van der Waals surface area contributed by atoms with Crippen molar-refractivity contribution in [2.75, 3.05) is 6.54 Å². The van der Waals surface area contributed by atoms with Gasteiger partial charge in [0.05, 0.1) is 0 Å². The molecule has 2 rings (SSSR count). The van der Waals surface area contributed by atoms with E-state index < -0.39 is 12.2 Å². The van der Waals surface area contributed by atoms with Crippen molar-refractivity contribution in [3.8, 4) is 11.5 Å². The highest BCUT2D eigenvalue weighted by Gasteiger charge is 2.21. The number of carbonyl (C=O) groups is 2. The van der Waals surface area contributed by atoms with Crippen LogP contribution in [0.4, 0.5) is 0 Å². The van der Waals surface area contributed by atoms with E-state index in [1.165, 1.54) is 0 Å². The van der Waals surface area contributed by atoms with E-state index in [-0.39, 0.29) is 17.9 Å². The first-order valence-corrected chi connectivity index (χ1v) is 10.6. The molecule has 6 heteroatoms. The molecule has 0 saturated carbocycles. The molecule has 168 valence electrons. The van der Waals surface area contributed by atoms with Gasteiger partial charge in [-0.2, -0.15) is 0 Å². The quantitative estimate of drug-likeness (QED) is 0.640. The van der Waals surface area contributed by atoms with Crippen molar-refractivity contribution in [2.45, 2.75) is 66.7 Å². The van der Waals surface area contributed by atoms with Gasteiger partial charge < -0.3 is 20.1 Å². The zero-order valence-corrected chi connectivity index (χ0v) is 19.5. The molecule has 0 radical (unpaired) electrons. The topological polar surface area (TPSA) is 76.7 Å². The van der Waals surface area contributed by atoms with Gasteiger partial charge in [0.2, 0.25) is 0 Å². The summed E-state index contributed by atoms with van der Waals surface area (Å²) in [5.74, 6) is 0.986. The molecule has 2 aromatic rings. The Morgan fingerprint density at radius 2 is 1.13 bits per heavy atom. The summed E-state index contributed by atoms with van der Waals surface area (Å²) in [6.07, 6.45) is -1.29. The monoisotopic (exact) mass is 426 g/mol. The number of amides is 2. The Hall–Kier alpha value is -3.02. The molecule has 0 aliphatic heterocycles. The lowest BCUT2D eigenvalue weighted by Crippen LogP contribution is -2.48. The molecule has 2 N–H and O–H groups in total. The maximum atomic E-state index is 12.5. The number of aryl methyl sites for hydroxylation is 4. The number of benzene rings is 2. The van der Waals surface area contributed by atoms with Gasteiger partial charge >= 0.3 is 0 Å². The zero-order valence-electron chi connectivity index (χ0n) is 19.5. The fourth-order valence-corrected chi connectivity index (χ4v) is 3.24. The molecule has 2 aromatic carbocycles. The fourth-order valence-electron chi connectivity index (χ4n) is 3.24. The summed E-state index contributed by atoms with van der Waals surface area (Å²) in [6, 6.07) is 11.5. The first-order chi connectivity index (χ1) is 14.6. The molecule has 3 atom stereocenters. The largest absolute Gasteiger partial charge is 0.480 e. The molecule has 6 nitrogen and oxygen atoms in total. The summed E-state index contributed by atoms with van der Waals surface area (Å²) >= 11 is 0. The lowest BCUT2D eigenvalue weighted by Gasteiger charge is -2.22. The Labute approximate surface area is 185 Å². The number of hydrogen-bond acceptors (Lipinski definition) is 4. The van der Waals surface area contributed by atoms with Crippen molar-refractivity contribution >= 4 is 11.8 Å². The Balaban J connectivity index is 1.83. The lowest BCUT2D eigenvalue weighted by molar-refractivity contribution is -0.129. The van der Waals surface area contributed by atoms with E-state index in [2.05, 4.69) is 10.6 Å². The molecule has 0 aromatic heterocycles. The minimum Gasteiger partial charge on any atom is -0.480 e. The third-order valence-corrected chi connectivity index (χ3v) is 5.12. The van der Waals surface area contributed by atoms with Gasteiger partial charge in [-0.15, -0.1) is 0 Å². The molecule has 31 heavy (non-hydrogen) atoms. The predicted molar refractivity (Wildman–Crippen MR) is 123 cm³/mol. The number of nitrogens with one attached hydrogen (secondary N) is 2. The van der Waals surface area contributed by atoms with Crippen molar-refractivity contribution in [1.82, 2.24) is 10.6 Å². The van der Waals surface area contributed by atoms with Crippen molar-refractivity contribution in [1.29, 1.82) is 0 Å². The van der Waals surface area contributed by atoms with E-state index in [0.29, 0.717) is 6.54 Å². The normalized spacial score (nSPS) is 13.6. The maximum absolute atomic E-state index is 12.5. The third kappa shape index (κ3) is 6.74. The van der Waals surface area contributed by atoms with Crippen LogP contribution >= 0.6 is 0 Å². The SMILES string of the molecule is Cc1cccc(C)c1O[C@@H](C)C(=O)NC[C@@H](C)NC(=O)[C@@H](C)Oc1c(C)cccc1C. The Morgan fingerprint density at radius 3 is 1.55 bits per heavy atom. The van der Waals surface area contributed by atoms with E-state index in [0.717, 1.165) is 33.8 Å². The van der Waals surface area contributed by atoms with E-state index >= 15 is 0 Å². The Morgan fingerprint density at radius 1 is 0.742 bits per heavy atom. The van der Waals surface area contributed by atoms with Gasteiger partial charge in [0.1, 0.15) is 11.5 Å². The number of para-hydroxylation sites is 2. The average molecular weight is 427 g/mol. The van der Waals surface area contributed by atoms with Crippen LogP contribution in [0.25, 0.3) is 0 Å². The zero-order chi connectivity index (χ0) is 23.1. The maximum Gasteiger partial charge on any atom is 0.261 e.